The SMILES string of the molecule is CC(C)[C@H]1C(=O)N2CCC[C@H]2[C@]2(O)O[C@](N)(C(C)C)C(=O)N12.Cl. The van der Waals surface area contributed by atoms with Crippen molar-refractivity contribution >= 4 is 24.2 Å². The van der Waals surface area contributed by atoms with Gasteiger partial charge in [-0.3, -0.25) is 25.0 Å². The number of fused-ring (bicyclic) bond motifs is 3. The molecular weight excluding hydrogens is 322 g/mol. The molecule has 3 rings (SSSR count). The molecule has 0 aliphatic carbocycles. The van der Waals surface area contributed by atoms with E-state index in [1.54, 1.807) is 18.7 Å². The second-order valence-electron chi connectivity index (χ2n) is 7.26. The van der Waals surface area contributed by atoms with Gasteiger partial charge < -0.3 is 10.0 Å². The quantitative estimate of drug-likeness (QED) is 0.746. The molecule has 0 aromatic rings. The molecule has 7 nitrogen and oxygen atoms in total. The second kappa shape index (κ2) is 5.58. The third-order valence-corrected chi connectivity index (χ3v) is 5.21. The van der Waals surface area contributed by atoms with E-state index in [-0.39, 0.29) is 30.2 Å². The van der Waals surface area contributed by atoms with Gasteiger partial charge in [-0.1, -0.05) is 27.7 Å². The summed E-state index contributed by atoms with van der Waals surface area (Å²) in [5.41, 5.74) is 4.58. The van der Waals surface area contributed by atoms with Gasteiger partial charge in [0.2, 0.25) is 11.6 Å². The number of aliphatic hydroxyl groups is 1. The van der Waals surface area contributed by atoms with Crippen LogP contribution in [0, 0.1) is 11.8 Å². The third-order valence-electron chi connectivity index (χ3n) is 5.21. The molecule has 0 bridgehead atoms. The minimum Gasteiger partial charge on any atom is -0.347 e. The number of carbonyl (C=O) groups is 2. The van der Waals surface area contributed by atoms with Gasteiger partial charge in [-0.05, 0) is 18.8 Å². The van der Waals surface area contributed by atoms with Crippen molar-refractivity contribution < 1.29 is 19.4 Å². The van der Waals surface area contributed by atoms with Crippen LogP contribution < -0.4 is 5.73 Å². The van der Waals surface area contributed by atoms with Crippen LogP contribution >= 0.6 is 12.4 Å². The zero-order valence-electron chi connectivity index (χ0n) is 14.0. The van der Waals surface area contributed by atoms with Crippen LogP contribution in [0.5, 0.6) is 0 Å². The van der Waals surface area contributed by atoms with Gasteiger partial charge in [0, 0.05) is 12.5 Å². The average Bonchev–Trinajstić information content (AvgIpc) is 2.97. The Morgan fingerprint density at radius 1 is 1.30 bits per heavy atom. The number of carbonyl (C=O) groups excluding carboxylic acids is 2. The molecular formula is C15H26ClN3O4. The first-order chi connectivity index (χ1) is 10.1. The maximum absolute atomic E-state index is 12.9. The van der Waals surface area contributed by atoms with Crippen LogP contribution in [0.4, 0.5) is 0 Å². The first kappa shape index (κ1) is 18.4. The van der Waals surface area contributed by atoms with Gasteiger partial charge in [0.1, 0.15) is 12.1 Å². The fourth-order valence-electron chi connectivity index (χ4n) is 3.88. The molecule has 132 valence electrons. The predicted octanol–water partition coefficient (Wildman–Crippen LogP) is 0.253. The molecule has 3 N–H and O–H groups in total. The number of piperazine rings is 1. The molecule has 3 aliphatic heterocycles. The molecule has 0 aromatic heterocycles. The van der Waals surface area contributed by atoms with E-state index < -0.39 is 29.6 Å². The first-order valence-corrected chi connectivity index (χ1v) is 8.00. The number of ether oxygens (including phenoxy) is 1. The molecule has 0 saturated carbocycles. The van der Waals surface area contributed by atoms with Crippen LogP contribution in [0.1, 0.15) is 40.5 Å². The molecule has 0 spiro atoms. The van der Waals surface area contributed by atoms with Gasteiger partial charge in [0.25, 0.3) is 11.8 Å². The van der Waals surface area contributed by atoms with Crippen molar-refractivity contribution in [1.29, 1.82) is 0 Å². The fourth-order valence-corrected chi connectivity index (χ4v) is 3.88. The largest absolute Gasteiger partial charge is 0.347 e. The average molecular weight is 348 g/mol. The van der Waals surface area contributed by atoms with Gasteiger partial charge in [-0.25, -0.2) is 0 Å². The minimum atomic E-state index is -1.82. The van der Waals surface area contributed by atoms with E-state index in [1.165, 1.54) is 4.90 Å². The summed E-state index contributed by atoms with van der Waals surface area (Å²) in [6.45, 7) is 7.85. The Labute approximate surface area is 142 Å². The predicted molar refractivity (Wildman–Crippen MR) is 85.2 cm³/mol. The van der Waals surface area contributed by atoms with Gasteiger partial charge in [0.15, 0.2) is 0 Å². The zero-order chi connectivity index (χ0) is 16.4. The lowest BCUT2D eigenvalue weighted by molar-refractivity contribution is -0.320. The lowest BCUT2D eigenvalue weighted by Gasteiger charge is -2.49. The third kappa shape index (κ3) is 2.21. The number of rotatable bonds is 2. The maximum atomic E-state index is 12.9. The number of hydrogen-bond acceptors (Lipinski definition) is 5. The highest BCUT2D eigenvalue weighted by Gasteiger charge is 2.70. The molecule has 3 aliphatic rings. The minimum absolute atomic E-state index is 0. The van der Waals surface area contributed by atoms with Crippen molar-refractivity contribution in [2.75, 3.05) is 6.54 Å². The summed E-state index contributed by atoms with van der Waals surface area (Å²) >= 11 is 0. The van der Waals surface area contributed by atoms with E-state index in [2.05, 4.69) is 0 Å². The summed E-state index contributed by atoms with van der Waals surface area (Å²) < 4.78 is 5.77. The summed E-state index contributed by atoms with van der Waals surface area (Å²) in [5, 5.41) is 11.2. The molecule has 2 amide bonds. The van der Waals surface area contributed by atoms with Crippen LogP contribution in [-0.2, 0) is 14.3 Å². The van der Waals surface area contributed by atoms with Crippen molar-refractivity contribution in [3.05, 3.63) is 0 Å². The molecule has 3 fully saturated rings. The van der Waals surface area contributed by atoms with Gasteiger partial charge >= 0.3 is 0 Å². The number of nitrogens with two attached hydrogens (primary N) is 1. The van der Waals surface area contributed by atoms with Crippen LogP contribution in [0.2, 0.25) is 0 Å². The van der Waals surface area contributed by atoms with Gasteiger partial charge in [-0.15, -0.1) is 12.4 Å². The van der Waals surface area contributed by atoms with Crippen molar-refractivity contribution in [2.45, 2.75) is 64.3 Å². The van der Waals surface area contributed by atoms with Crippen LogP contribution in [-0.4, -0.2) is 57.0 Å². The fraction of sp³-hybridized carbons (Fsp3) is 0.867. The number of halogens is 1. The summed E-state index contributed by atoms with van der Waals surface area (Å²) in [4.78, 5) is 28.6. The lowest BCUT2D eigenvalue weighted by Crippen LogP contribution is -2.72. The van der Waals surface area contributed by atoms with Crippen molar-refractivity contribution in [2.24, 2.45) is 17.6 Å². The highest BCUT2D eigenvalue weighted by atomic mass is 35.5. The summed E-state index contributed by atoms with van der Waals surface area (Å²) in [7, 11) is 0. The molecule has 0 radical (unpaired) electrons. The second-order valence-corrected chi connectivity index (χ2v) is 7.26. The Morgan fingerprint density at radius 3 is 2.43 bits per heavy atom. The maximum Gasteiger partial charge on any atom is 0.275 e. The van der Waals surface area contributed by atoms with E-state index in [1.807, 2.05) is 13.8 Å². The van der Waals surface area contributed by atoms with E-state index in [4.69, 9.17) is 10.5 Å². The normalized spacial score (nSPS) is 39.8. The smallest absolute Gasteiger partial charge is 0.275 e. The highest BCUT2D eigenvalue weighted by Crippen LogP contribution is 2.47. The number of nitrogens with zero attached hydrogens (tertiary/aromatic N) is 2. The zero-order valence-corrected chi connectivity index (χ0v) is 14.8. The summed E-state index contributed by atoms with van der Waals surface area (Å²) in [5.74, 6) is -2.89. The molecule has 23 heavy (non-hydrogen) atoms. The topological polar surface area (TPSA) is 96.1 Å². The van der Waals surface area contributed by atoms with E-state index >= 15 is 0 Å². The number of hydrogen-bond donors (Lipinski definition) is 2. The van der Waals surface area contributed by atoms with Crippen molar-refractivity contribution in [3.8, 4) is 0 Å². The molecule has 3 saturated heterocycles. The Kier molecular flexibility index (Phi) is 4.48. The Bertz CT molecular complexity index is 529. The van der Waals surface area contributed by atoms with Gasteiger partial charge in [0.05, 0.1) is 0 Å². The van der Waals surface area contributed by atoms with Crippen molar-refractivity contribution in [3.63, 3.8) is 0 Å². The van der Waals surface area contributed by atoms with Crippen LogP contribution in [0.25, 0.3) is 0 Å². The molecule has 3 heterocycles. The molecule has 0 unspecified atom stereocenters. The Morgan fingerprint density at radius 2 is 1.91 bits per heavy atom. The standard InChI is InChI=1S/C15H25N3O4.ClH/c1-8(2)11-12(19)17-7-5-6-10(17)15(21)18(11)13(20)14(16,22-15)9(3)4;/h8-11,21H,5-7,16H2,1-4H3;1H/t10-,11-,14+,15-;/m0./s1. The highest BCUT2D eigenvalue weighted by molar-refractivity contribution is 5.95. The van der Waals surface area contributed by atoms with Gasteiger partial charge in [-0.2, -0.15) is 0 Å². The van der Waals surface area contributed by atoms with Crippen LogP contribution in [0.3, 0.4) is 0 Å². The Balaban J connectivity index is 0.00000192. The van der Waals surface area contributed by atoms with Crippen molar-refractivity contribution in [1.82, 2.24) is 9.80 Å². The monoisotopic (exact) mass is 347 g/mol. The lowest BCUT2D eigenvalue weighted by atomic mass is 9.93. The summed E-state index contributed by atoms with van der Waals surface area (Å²) in [6, 6.07) is -1.28. The van der Waals surface area contributed by atoms with E-state index in [9.17, 15) is 14.7 Å². The molecule has 8 heteroatoms. The van der Waals surface area contributed by atoms with E-state index in [0.29, 0.717) is 13.0 Å². The van der Waals surface area contributed by atoms with E-state index in [0.717, 1.165) is 6.42 Å². The molecule has 4 atom stereocenters. The first-order valence-electron chi connectivity index (χ1n) is 8.00. The van der Waals surface area contributed by atoms with Crippen LogP contribution in [0.15, 0.2) is 0 Å². The number of amides is 2. The molecule has 0 aromatic carbocycles. The Hall–Kier alpha value is -0.890. The summed E-state index contributed by atoms with van der Waals surface area (Å²) in [6.07, 6.45) is 1.39.